The Balaban J connectivity index is 1.79. The normalized spacial score (nSPS) is 26.4. The maximum absolute atomic E-state index is 11.9. The molecule has 0 aromatic heterocycles. The maximum atomic E-state index is 11.9. The van der Waals surface area contributed by atoms with Gasteiger partial charge in [0.15, 0.2) is 0 Å². The fourth-order valence-corrected chi connectivity index (χ4v) is 2.67. The van der Waals surface area contributed by atoms with E-state index in [1.165, 1.54) is 16.9 Å². The number of carbonyl (C=O) groups is 2. The number of allylic oxidation sites excluding steroid dienone is 1. The molecule has 2 rings (SSSR count). The molecule has 0 saturated carbocycles. The van der Waals surface area contributed by atoms with E-state index < -0.39 is 24.1 Å². The quantitative estimate of drug-likeness (QED) is 0.655. The van der Waals surface area contributed by atoms with Crippen molar-refractivity contribution in [2.45, 2.75) is 44.2 Å². The fraction of sp³-hybridized carbons (Fsp3) is 0.692. The van der Waals surface area contributed by atoms with Crippen molar-refractivity contribution in [3.8, 4) is 0 Å². The minimum absolute atomic E-state index is 0.0888. The molecule has 106 valence electrons. The van der Waals surface area contributed by atoms with Crippen molar-refractivity contribution < 1.29 is 19.8 Å². The number of nitrogens with one attached hydrogen (secondary N) is 1. The molecular weight excluding hydrogens is 248 g/mol. The zero-order valence-corrected chi connectivity index (χ0v) is 10.8. The largest absolute Gasteiger partial charge is 0.480 e. The van der Waals surface area contributed by atoms with Crippen molar-refractivity contribution in [3.63, 3.8) is 0 Å². The van der Waals surface area contributed by atoms with E-state index in [4.69, 9.17) is 5.11 Å². The van der Waals surface area contributed by atoms with E-state index >= 15 is 0 Å². The highest BCUT2D eigenvalue weighted by atomic mass is 16.4. The van der Waals surface area contributed by atoms with Crippen LogP contribution in [0.1, 0.15) is 32.1 Å². The van der Waals surface area contributed by atoms with Crippen molar-refractivity contribution in [2.75, 3.05) is 13.1 Å². The lowest BCUT2D eigenvalue weighted by Gasteiger charge is -2.21. The molecule has 0 aromatic rings. The van der Waals surface area contributed by atoms with Crippen LogP contribution in [0, 0.1) is 0 Å². The second-order valence-electron chi connectivity index (χ2n) is 5.13. The Hall–Kier alpha value is -1.56. The number of likely N-dealkylation sites (tertiary alicyclic amines) is 1. The van der Waals surface area contributed by atoms with Gasteiger partial charge in [-0.1, -0.05) is 11.6 Å². The van der Waals surface area contributed by atoms with Gasteiger partial charge in [-0.2, -0.15) is 0 Å². The molecular formula is C13H20N2O4. The summed E-state index contributed by atoms with van der Waals surface area (Å²) in [5.41, 5.74) is 1.36. The van der Waals surface area contributed by atoms with Crippen molar-refractivity contribution in [1.29, 1.82) is 0 Å². The summed E-state index contributed by atoms with van der Waals surface area (Å²) >= 11 is 0. The predicted molar refractivity (Wildman–Crippen MR) is 68.7 cm³/mol. The molecule has 1 unspecified atom stereocenters. The third-order valence-corrected chi connectivity index (χ3v) is 3.68. The smallest absolute Gasteiger partial charge is 0.326 e. The van der Waals surface area contributed by atoms with Crippen LogP contribution >= 0.6 is 0 Å². The van der Waals surface area contributed by atoms with Crippen LogP contribution in [0.3, 0.4) is 0 Å². The number of aliphatic hydroxyl groups excluding tert-OH is 1. The summed E-state index contributed by atoms with van der Waals surface area (Å²) in [6.45, 7) is 0.606. The molecule has 2 atom stereocenters. The van der Waals surface area contributed by atoms with Crippen LogP contribution in [0.15, 0.2) is 11.6 Å². The van der Waals surface area contributed by atoms with Gasteiger partial charge in [-0.3, -0.25) is 0 Å². The Morgan fingerprint density at radius 1 is 1.47 bits per heavy atom. The minimum atomic E-state index is -1.06. The highest BCUT2D eigenvalue weighted by molar-refractivity contribution is 5.83. The van der Waals surface area contributed by atoms with Crippen molar-refractivity contribution in [1.82, 2.24) is 10.2 Å². The van der Waals surface area contributed by atoms with Gasteiger partial charge in [0, 0.05) is 19.5 Å². The number of carboxylic acid groups (broad SMARTS) is 1. The van der Waals surface area contributed by atoms with E-state index in [0.717, 1.165) is 19.3 Å². The molecule has 1 aliphatic carbocycles. The molecule has 0 spiro atoms. The molecule has 0 radical (unpaired) electrons. The zero-order chi connectivity index (χ0) is 13.8. The number of hydrogen-bond donors (Lipinski definition) is 3. The summed E-state index contributed by atoms with van der Waals surface area (Å²) in [5, 5.41) is 21.2. The molecule has 2 amide bonds. The monoisotopic (exact) mass is 268 g/mol. The fourth-order valence-electron chi connectivity index (χ4n) is 2.67. The highest BCUT2D eigenvalue weighted by Gasteiger charge is 2.38. The van der Waals surface area contributed by atoms with Gasteiger partial charge in [0.1, 0.15) is 6.04 Å². The van der Waals surface area contributed by atoms with E-state index in [2.05, 4.69) is 11.4 Å². The lowest BCUT2D eigenvalue weighted by molar-refractivity contribution is -0.141. The first-order chi connectivity index (χ1) is 9.08. The summed E-state index contributed by atoms with van der Waals surface area (Å²) in [6.07, 6.45) is 5.77. The van der Waals surface area contributed by atoms with Gasteiger partial charge in [-0.15, -0.1) is 0 Å². The minimum Gasteiger partial charge on any atom is -0.480 e. The Bertz CT molecular complexity index is 394. The first-order valence-corrected chi connectivity index (χ1v) is 6.71. The highest BCUT2D eigenvalue weighted by Crippen LogP contribution is 2.20. The molecule has 1 fully saturated rings. The second-order valence-corrected chi connectivity index (χ2v) is 5.13. The van der Waals surface area contributed by atoms with Gasteiger partial charge in [0.05, 0.1) is 6.10 Å². The van der Waals surface area contributed by atoms with E-state index in [0.29, 0.717) is 6.54 Å². The van der Waals surface area contributed by atoms with Crippen molar-refractivity contribution in [3.05, 3.63) is 11.6 Å². The summed E-state index contributed by atoms with van der Waals surface area (Å²) in [7, 11) is 0. The third kappa shape index (κ3) is 3.47. The first kappa shape index (κ1) is 13.9. The number of β-amino-alcohol motifs (C(OH)–C–C–N with tert-alkyl or cyclic N) is 1. The summed E-state index contributed by atoms with van der Waals surface area (Å²) in [4.78, 5) is 24.1. The lowest BCUT2D eigenvalue weighted by Crippen LogP contribution is -2.46. The molecule has 19 heavy (non-hydrogen) atoms. The Kier molecular flexibility index (Phi) is 4.42. The van der Waals surface area contributed by atoms with Crippen LogP contribution in [0.5, 0.6) is 0 Å². The van der Waals surface area contributed by atoms with E-state index in [1.807, 2.05) is 0 Å². The molecule has 1 heterocycles. The van der Waals surface area contributed by atoms with Crippen LogP contribution in [0.25, 0.3) is 0 Å². The van der Waals surface area contributed by atoms with E-state index in [1.54, 1.807) is 0 Å². The number of aliphatic carboxylic acids is 1. The molecule has 1 aliphatic heterocycles. The van der Waals surface area contributed by atoms with Crippen LogP contribution in [-0.4, -0.2) is 52.3 Å². The molecule has 3 N–H and O–H groups in total. The second kappa shape index (κ2) is 6.06. The molecule has 1 saturated heterocycles. The van der Waals surface area contributed by atoms with E-state index in [9.17, 15) is 14.7 Å². The van der Waals surface area contributed by atoms with Crippen LogP contribution in [0.2, 0.25) is 0 Å². The van der Waals surface area contributed by atoms with Gasteiger partial charge in [0.25, 0.3) is 0 Å². The maximum Gasteiger partial charge on any atom is 0.326 e. The van der Waals surface area contributed by atoms with Gasteiger partial charge in [0.2, 0.25) is 0 Å². The Labute approximate surface area is 112 Å². The van der Waals surface area contributed by atoms with Gasteiger partial charge in [-0.25, -0.2) is 9.59 Å². The van der Waals surface area contributed by atoms with E-state index in [-0.39, 0.29) is 13.0 Å². The molecule has 0 bridgehead atoms. The van der Waals surface area contributed by atoms with Crippen molar-refractivity contribution >= 4 is 12.0 Å². The molecule has 6 heteroatoms. The number of urea groups is 1. The Morgan fingerprint density at radius 3 is 2.89 bits per heavy atom. The average Bonchev–Trinajstić information content (AvgIpc) is 2.98. The topological polar surface area (TPSA) is 89.9 Å². The summed E-state index contributed by atoms with van der Waals surface area (Å²) in [6, 6.07) is -1.32. The summed E-state index contributed by atoms with van der Waals surface area (Å²) < 4.78 is 0. The standard InChI is InChI=1S/C13H20N2O4/c16-10-7-11(12(17)18)15(8-10)13(19)14-6-5-9-3-1-2-4-9/h3,10-11,16H,1-2,4-8H2,(H,14,19)(H,17,18)/t10?,11-/m0/s1. The summed E-state index contributed by atoms with van der Waals surface area (Å²) in [5.74, 6) is -1.06. The number of carboxylic acids is 1. The van der Waals surface area contributed by atoms with Gasteiger partial charge in [-0.05, 0) is 25.7 Å². The number of carbonyl (C=O) groups excluding carboxylic acids is 1. The SMILES string of the molecule is O=C(O)[C@@H]1CC(O)CN1C(=O)NCCC1=CCCC1. The van der Waals surface area contributed by atoms with Gasteiger partial charge >= 0.3 is 12.0 Å². The number of rotatable bonds is 4. The Morgan fingerprint density at radius 2 is 2.26 bits per heavy atom. The van der Waals surface area contributed by atoms with Gasteiger partial charge < -0.3 is 20.4 Å². The van der Waals surface area contributed by atoms with Crippen LogP contribution in [0.4, 0.5) is 4.79 Å². The molecule has 6 nitrogen and oxygen atoms in total. The lowest BCUT2D eigenvalue weighted by atomic mass is 10.2. The third-order valence-electron chi connectivity index (χ3n) is 3.68. The molecule has 0 aromatic carbocycles. The molecule has 2 aliphatic rings. The predicted octanol–water partition coefficient (Wildman–Crippen LogP) is 0.716. The number of aliphatic hydroxyl groups is 1. The first-order valence-electron chi connectivity index (χ1n) is 6.71. The number of amides is 2. The van der Waals surface area contributed by atoms with Crippen molar-refractivity contribution in [2.24, 2.45) is 0 Å². The number of hydrogen-bond acceptors (Lipinski definition) is 3. The van der Waals surface area contributed by atoms with Crippen LogP contribution in [-0.2, 0) is 4.79 Å². The zero-order valence-electron chi connectivity index (χ0n) is 10.8. The average molecular weight is 268 g/mol. The van der Waals surface area contributed by atoms with Crippen LogP contribution < -0.4 is 5.32 Å². The number of nitrogens with zero attached hydrogens (tertiary/aromatic N) is 1.